The molecule has 0 fully saturated rings. The van der Waals surface area contributed by atoms with Crippen molar-refractivity contribution in [2.24, 2.45) is 12.1 Å². The molecule has 0 unspecified atom stereocenters. The van der Waals surface area contributed by atoms with Gasteiger partial charge in [0.15, 0.2) is 11.2 Å². The number of benzene rings is 2. The maximum atomic E-state index is 13.3. The molecule has 0 aliphatic rings. The van der Waals surface area contributed by atoms with Crippen LogP contribution in [0.25, 0.3) is 11.2 Å². The summed E-state index contributed by atoms with van der Waals surface area (Å²) in [5, 5.41) is 4.24. The van der Waals surface area contributed by atoms with Crippen LogP contribution in [-0.4, -0.2) is 32.4 Å². The number of aryl methyl sites for hydroxylation is 1. The lowest BCUT2D eigenvalue weighted by Crippen LogP contribution is -2.29. The smallest absolute Gasteiger partial charge is 0.329 e. The van der Waals surface area contributed by atoms with Crippen LogP contribution >= 0.6 is 15.9 Å². The van der Waals surface area contributed by atoms with Gasteiger partial charge in [0.25, 0.3) is 5.56 Å². The van der Waals surface area contributed by atoms with E-state index in [1.54, 1.807) is 36.1 Å². The number of methoxy groups -OCH3 is 1. The zero-order chi connectivity index (χ0) is 22.8. The minimum atomic E-state index is -0.581. The van der Waals surface area contributed by atoms with E-state index < -0.39 is 11.2 Å². The van der Waals surface area contributed by atoms with Gasteiger partial charge in [-0.05, 0) is 35.9 Å². The minimum absolute atomic E-state index is 0.189. The predicted molar refractivity (Wildman–Crippen MR) is 123 cm³/mol. The molecule has 0 atom stereocenters. The van der Waals surface area contributed by atoms with Crippen LogP contribution in [0.4, 0.5) is 10.3 Å². The molecule has 2 aromatic carbocycles. The second kappa shape index (κ2) is 8.79. The van der Waals surface area contributed by atoms with Gasteiger partial charge < -0.3 is 4.74 Å². The SMILES string of the molecule is COc1ccc(Br)cc1/C=N\Nc1nc2c(c(=O)[nH]c(=O)n2C)n1Cc1ccc(F)cc1. The van der Waals surface area contributed by atoms with Gasteiger partial charge in [-0.25, -0.2) is 14.6 Å². The second-order valence-electron chi connectivity index (χ2n) is 6.89. The van der Waals surface area contributed by atoms with Gasteiger partial charge in [-0.1, -0.05) is 28.1 Å². The molecule has 4 aromatic rings. The summed E-state index contributed by atoms with van der Waals surface area (Å²) in [5.41, 5.74) is 3.50. The fourth-order valence-corrected chi connectivity index (χ4v) is 3.59. The number of fused-ring (bicyclic) bond motifs is 1. The number of nitrogens with zero attached hydrogens (tertiary/aromatic N) is 4. The number of imidazole rings is 1. The Morgan fingerprint density at radius 2 is 2.00 bits per heavy atom. The number of hydrogen-bond acceptors (Lipinski definition) is 6. The Balaban J connectivity index is 1.78. The minimum Gasteiger partial charge on any atom is -0.496 e. The van der Waals surface area contributed by atoms with Gasteiger partial charge in [0, 0.05) is 17.1 Å². The molecule has 2 N–H and O–H groups in total. The van der Waals surface area contributed by atoms with Gasteiger partial charge in [-0.2, -0.15) is 10.1 Å². The van der Waals surface area contributed by atoms with E-state index in [0.29, 0.717) is 11.3 Å². The van der Waals surface area contributed by atoms with Crippen LogP contribution < -0.4 is 21.4 Å². The zero-order valence-corrected chi connectivity index (χ0v) is 18.7. The molecule has 0 radical (unpaired) electrons. The van der Waals surface area contributed by atoms with Crippen molar-refractivity contribution in [3.8, 4) is 5.75 Å². The monoisotopic (exact) mass is 500 g/mol. The quantitative estimate of drug-likeness (QED) is 0.312. The van der Waals surface area contributed by atoms with Crippen LogP contribution in [0.5, 0.6) is 5.75 Å². The topological polar surface area (TPSA) is 106 Å². The molecule has 164 valence electrons. The Morgan fingerprint density at radius 1 is 1.25 bits per heavy atom. The molecule has 0 spiro atoms. The molecule has 4 rings (SSSR count). The van der Waals surface area contributed by atoms with Crippen molar-refractivity contribution in [1.82, 2.24) is 19.1 Å². The first-order chi connectivity index (χ1) is 15.4. The number of halogens is 2. The number of hydrogen-bond donors (Lipinski definition) is 2. The summed E-state index contributed by atoms with van der Waals surface area (Å²) in [7, 11) is 3.07. The van der Waals surface area contributed by atoms with Crippen molar-refractivity contribution < 1.29 is 9.13 Å². The van der Waals surface area contributed by atoms with E-state index in [2.05, 4.69) is 36.4 Å². The van der Waals surface area contributed by atoms with Crippen LogP contribution in [0.3, 0.4) is 0 Å². The highest BCUT2D eigenvalue weighted by atomic mass is 79.9. The van der Waals surface area contributed by atoms with E-state index in [1.165, 1.54) is 23.7 Å². The van der Waals surface area contributed by atoms with Crippen LogP contribution in [0.15, 0.2) is 61.6 Å². The number of aromatic nitrogens is 4. The number of ether oxygens (including phenoxy) is 1. The molecule has 0 amide bonds. The summed E-state index contributed by atoms with van der Waals surface area (Å²) in [6.07, 6.45) is 1.55. The molecular weight excluding hydrogens is 483 g/mol. The average Bonchev–Trinajstić information content (AvgIpc) is 3.13. The van der Waals surface area contributed by atoms with E-state index in [9.17, 15) is 14.0 Å². The lowest BCUT2D eigenvalue weighted by atomic mass is 10.2. The van der Waals surface area contributed by atoms with Crippen molar-refractivity contribution in [2.75, 3.05) is 12.5 Å². The van der Waals surface area contributed by atoms with Crippen molar-refractivity contribution in [2.45, 2.75) is 6.54 Å². The Bertz CT molecular complexity index is 1440. The van der Waals surface area contributed by atoms with Gasteiger partial charge in [-0.15, -0.1) is 0 Å². The molecular formula is C21H18BrFN6O3. The first-order valence-corrected chi connectivity index (χ1v) is 10.2. The van der Waals surface area contributed by atoms with Crippen molar-refractivity contribution in [3.63, 3.8) is 0 Å². The van der Waals surface area contributed by atoms with Gasteiger partial charge in [0.2, 0.25) is 5.95 Å². The van der Waals surface area contributed by atoms with E-state index >= 15 is 0 Å². The highest BCUT2D eigenvalue weighted by Crippen LogP contribution is 2.22. The van der Waals surface area contributed by atoms with Gasteiger partial charge >= 0.3 is 5.69 Å². The largest absolute Gasteiger partial charge is 0.496 e. The summed E-state index contributed by atoms with van der Waals surface area (Å²) in [6, 6.07) is 11.4. The van der Waals surface area contributed by atoms with E-state index in [1.807, 2.05) is 12.1 Å². The number of rotatable bonds is 6. The maximum Gasteiger partial charge on any atom is 0.329 e. The molecule has 11 heteroatoms. The molecule has 0 aliphatic heterocycles. The number of H-pyrrole nitrogens is 1. The lowest BCUT2D eigenvalue weighted by molar-refractivity contribution is 0.414. The molecule has 0 bridgehead atoms. The second-order valence-corrected chi connectivity index (χ2v) is 7.81. The normalized spacial score (nSPS) is 11.4. The Labute approximate surface area is 189 Å². The summed E-state index contributed by atoms with van der Waals surface area (Å²) in [5.74, 6) is 0.494. The first kappa shape index (κ1) is 21.5. The molecule has 2 aromatic heterocycles. The van der Waals surface area contributed by atoms with Crippen LogP contribution in [-0.2, 0) is 13.6 Å². The molecule has 32 heavy (non-hydrogen) atoms. The number of hydrazone groups is 1. The highest BCUT2D eigenvalue weighted by molar-refractivity contribution is 9.10. The lowest BCUT2D eigenvalue weighted by Gasteiger charge is -2.09. The van der Waals surface area contributed by atoms with E-state index in [0.717, 1.165) is 10.0 Å². The van der Waals surface area contributed by atoms with Gasteiger partial charge in [-0.3, -0.25) is 18.9 Å². The maximum absolute atomic E-state index is 13.3. The van der Waals surface area contributed by atoms with E-state index in [-0.39, 0.29) is 29.5 Å². The number of aromatic amines is 1. The first-order valence-electron chi connectivity index (χ1n) is 9.44. The van der Waals surface area contributed by atoms with Crippen molar-refractivity contribution in [1.29, 1.82) is 0 Å². The summed E-state index contributed by atoms with van der Waals surface area (Å²) < 4.78 is 22.3. The summed E-state index contributed by atoms with van der Waals surface area (Å²) in [6.45, 7) is 0.204. The van der Waals surface area contributed by atoms with Gasteiger partial charge in [0.05, 0.1) is 19.9 Å². The average molecular weight is 501 g/mol. The number of anilines is 1. The van der Waals surface area contributed by atoms with Crippen LogP contribution in [0.2, 0.25) is 0 Å². The standard InChI is InChI=1S/C21H18BrFN6O3/c1-28-18-17(19(30)26-21(28)31)29(11-12-3-6-15(23)7-4-12)20(25-18)27-24-10-13-9-14(22)5-8-16(13)32-2/h3-10H,11H2,1-2H3,(H,25,27)(H,26,30,31)/b24-10-. The van der Waals surface area contributed by atoms with Crippen LogP contribution in [0.1, 0.15) is 11.1 Å². The van der Waals surface area contributed by atoms with Crippen molar-refractivity contribution in [3.05, 3.63) is 84.7 Å². The molecule has 0 saturated heterocycles. The van der Waals surface area contributed by atoms with Crippen molar-refractivity contribution >= 4 is 39.3 Å². The van der Waals surface area contributed by atoms with Gasteiger partial charge in [0.1, 0.15) is 11.6 Å². The predicted octanol–water partition coefficient (Wildman–Crippen LogP) is 2.83. The summed E-state index contributed by atoms with van der Waals surface area (Å²) in [4.78, 5) is 31.3. The molecule has 0 aliphatic carbocycles. The fourth-order valence-electron chi connectivity index (χ4n) is 3.21. The Morgan fingerprint density at radius 3 is 2.72 bits per heavy atom. The molecule has 0 saturated carbocycles. The highest BCUT2D eigenvalue weighted by Gasteiger charge is 2.17. The van der Waals surface area contributed by atoms with Crippen LogP contribution in [0, 0.1) is 5.82 Å². The third kappa shape index (κ3) is 4.19. The Hall–Kier alpha value is -3.73. The third-order valence-electron chi connectivity index (χ3n) is 4.82. The molecule has 9 nitrogen and oxygen atoms in total. The Kier molecular flexibility index (Phi) is 5.91. The molecule has 2 heterocycles. The summed E-state index contributed by atoms with van der Waals surface area (Å²) >= 11 is 3.41. The zero-order valence-electron chi connectivity index (χ0n) is 17.1. The fraction of sp³-hybridized carbons (Fsp3) is 0.143. The third-order valence-corrected chi connectivity index (χ3v) is 5.31. The van der Waals surface area contributed by atoms with E-state index in [4.69, 9.17) is 4.74 Å². The number of nitrogens with one attached hydrogen (secondary N) is 2.